The Labute approximate surface area is 170 Å². The van der Waals surface area contributed by atoms with Crippen LogP contribution in [0.1, 0.15) is 42.2 Å². The summed E-state index contributed by atoms with van der Waals surface area (Å²) in [6.45, 7) is 6.15. The summed E-state index contributed by atoms with van der Waals surface area (Å²) in [7, 11) is 0. The molecule has 1 aliphatic carbocycles. The van der Waals surface area contributed by atoms with E-state index in [0.29, 0.717) is 43.2 Å². The largest absolute Gasteiger partial charge is 0.488 e. The summed E-state index contributed by atoms with van der Waals surface area (Å²) in [6.07, 6.45) is 2.99. The van der Waals surface area contributed by atoms with E-state index >= 15 is 0 Å². The first-order chi connectivity index (χ1) is 14.0. The number of benzene rings is 1. The van der Waals surface area contributed by atoms with Gasteiger partial charge in [0.25, 0.3) is 5.91 Å². The first-order valence-corrected chi connectivity index (χ1v) is 10.4. The molecule has 1 amide bonds. The van der Waals surface area contributed by atoms with Gasteiger partial charge in [-0.15, -0.1) is 0 Å². The SMILES string of the molecule is CCCn1ncc(C(=O)N2C[C@H]3C[C@@H](Oc4ccc(F)cc4)[C@H](O)C[C@H]3C2)c1C. The van der Waals surface area contributed by atoms with Crippen molar-refractivity contribution in [3.8, 4) is 5.75 Å². The van der Waals surface area contributed by atoms with E-state index < -0.39 is 6.10 Å². The van der Waals surface area contributed by atoms with Crippen molar-refractivity contribution in [2.45, 2.75) is 51.9 Å². The third-order valence-electron chi connectivity index (χ3n) is 6.24. The highest BCUT2D eigenvalue weighted by atomic mass is 19.1. The molecule has 1 saturated heterocycles. The topological polar surface area (TPSA) is 67.6 Å². The second kappa shape index (κ2) is 8.14. The van der Waals surface area contributed by atoms with Crippen molar-refractivity contribution in [2.75, 3.05) is 13.1 Å². The number of aliphatic hydroxyl groups is 1. The Morgan fingerprint density at radius 1 is 1.24 bits per heavy atom. The third kappa shape index (κ3) is 4.01. The number of aromatic nitrogens is 2. The van der Waals surface area contributed by atoms with Crippen LogP contribution in [0.15, 0.2) is 30.5 Å². The van der Waals surface area contributed by atoms with Crippen LogP contribution in [0.5, 0.6) is 5.75 Å². The Kier molecular flexibility index (Phi) is 5.58. The Bertz CT molecular complexity index is 867. The summed E-state index contributed by atoms with van der Waals surface area (Å²) >= 11 is 0. The standard InChI is InChI=1S/C22H28FN3O3/c1-3-8-26-14(2)19(11-24-26)22(28)25-12-15-9-20(27)21(10-16(15)13-25)29-18-6-4-17(23)5-7-18/h4-7,11,15-16,20-21,27H,3,8-10,12-13H2,1-2H3/t15-,16+,20+,21+/m0/s1. The Morgan fingerprint density at radius 3 is 2.62 bits per heavy atom. The van der Waals surface area contributed by atoms with Crippen molar-refractivity contribution in [3.05, 3.63) is 47.5 Å². The molecule has 0 unspecified atom stereocenters. The number of fused-ring (bicyclic) bond motifs is 1. The fourth-order valence-electron chi connectivity index (χ4n) is 4.63. The molecule has 0 bridgehead atoms. The van der Waals surface area contributed by atoms with E-state index in [9.17, 15) is 14.3 Å². The lowest BCUT2D eigenvalue weighted by atomic mass is 9.78. The average Bonchev–Trinajstić information content (AvgIpc) is 3.27. The number of hydrogen-bond donors (Lipinski definition) is 1. The van der Waals surface area contributed by atoms with Crippen molar-refractivity contribution in [2.24, 2.45) is 11.8 Å². The van der Waals surface area contributed by atoms with Crippen LogP contribution >= 0.6 is 0 Å². The van der Waals surface area contributed by atoms with Gasteiger partial charge in [0.2, 0.25) is 0 Å². The van der Waals surface area contributed by atoms with Crippen molar-refractivity contribution in [1.82, 2.24) is 14.7 Å². The van der Waals surface area contributed by atoms with E-state index in [1.165, 1.54) is 12.1 Å². The quantitative estimate of drug-likeness (QED) is 0.836. The highest BCUT2D eigenvalue weighted by Crippen LogP contribution is 2.38. The molecule has 7 heteroatoms. The van der Waals surface area contributed by atoms with Gasteiger partial charge in [-0.05, 0) is 62.3 Å². The number of rotatable bonds is 5. The fraction of sp³-hybridized carbons (Fsp3) is 0.545. The van der Waals surface area contributed by atoms with Gasteiger partial charge in [0.05, 0.1) is 17.9 Å². The predicted octanol–water partition coefficient (Wildman–Crippen LogP) is 3.03. The van der Waals surface area contributed by atoms with Gasteiger partial charge in [-0.25, -0.2) is 4.39 Å². The summed E-state index contributed by atoms with van der Waals surface area (Å²) in [5.41, 5.74) is 1.57. The molecule has 1 N–H and O–H groups in total. The molecule has 2 aromatic rings. The van der Waals surface area contributed by atoms with Crippen LogP contribution in [0.4, 0.5) is 4.39 Å². The Hall–Kier alpha value is -2.41. The van der Waals surface area contributed by atoms with Crippen LogP contribution in [0.2, 0.25) is 0 Å². The van der Waals surface area contributed by atoms with Gasteiger partial charge in [-0.2, -0.15) is 5.10 Å². The molecule has 0 spiro atoms. The van der Waals surface area contributed by atoms with E-state index in [0.717, 1.165) is 18.7 Å². The molecule has 1 aromatic carbocycles. The van der Waals surface area contributed by atoms with Crippen LogP contribution in [-0.4, -0.2) is 51.0 Å². The third-order valence-corrected chi connectivity index (χ3v) is 6.24. The summed E-state index contributed by atoms with van der Waals surface area (Å²) < 4.78 is 20.9. The van der Waals surface area contributed by atoms with Crippen LogP contribution in [-0.2, 0) is 6.54 Å². The predicted molar refractivity (Wildman–Crippen MR) is 106 cm³/mol. The molecule has 6 nitrogen and oxygen atoms in total. The Morgan fingerprint density at radius 2 is 1.93 bits per heavy atom. The van der Waals surface area contributed by atoms with Gasteiger partial charge in [-0.3, -0.25) is 9.48 Å². The molecule has 2 fully saturated rings. The second-order valence-corrected chi connectivity index (χ2v) is 8.25. The molecule has 29 heavy (non-hydrogen) atoms. The number of nitrogens with zero attached hydrogens (tertiary/aromatic N) is 3. The molecular formula is C22H28FN3O3. The molecule has 2 aliphatic rings. The normalized spacial score (nSPS) is 26.4. The number of aliphatic hydroxyl groups excluding tert-OH is 1. The lowest BCUT2D eigenvalue weighted by molar-refractivity contribution is -0.0231. The zero-order valence-corrected chi connectivity index (χ0v) is 16.9. The lowest BCUT2D eigenvalue weighted by Crippen LogP contribution is -2.42. The van der Waals surface area contributed by atoms with Gasteiger partial charge >= 0.3 is 0 Å². The van der Waals surface area contributed by atoms with Gasteiger partial charge in [0.15, 0.2) is 0 Å². The van der Waals surface area contributed by atoms with Crippen molar-refractivity contribution in [3.63, 3.8) is 0 Å². The van der Waals surface area contributed by atoms with Crippen LogP contribution in [0.25, 0.3) is 0 Å². The summed E-state index contributed by atoms with van der Waals surface area (Å²) in [5, 5.41) is 14.9. The fourth-order valence-corrected chi connectivity index (χ4v) is 4.63. The van der Waals surface area contributed by atoms with Gasteiger partial charge in [0.1, 0.15) is 17.7 Å². The second-order valence-electron chi connectivity index (χ2n) is 8.25. The molecule has 0 radical (unpaired) electrons. The maximum Gasteiger partial charge on any atom is 0.257 e. The zero-order valence-electron chi connectivity index (χ0n) is 16.9. The molecule has 1 aliphatic heterocycles. The summed E-state index contributed by atoms with van der Waals surface area (Å²) in [4.78, 5) is 14.9. The first-order valence-electron chi connectivity index (χ1n) is 10.4. The van der Waals surface area contributed by atoms with E-state index in [-0.39, 0.29) is 23.7 Å². The maximum absolute atomic E-state index is 13.1. The molecule has 156 valence electrons. The molecule has 1 aromatic heterocycles. The monoisotopic (exact) mass is 401 g/mol. The average molecular weight is 401 g/mol. The number of halogens is 1. The Balaban J connectivity index is 1.42. The summed E-state index contributed by atoms with van der Waals surface area (Å²) in [6, 6.07) is 5.86. The number of amides is 1. The van der Waals surface area contributed by atoms with Gasteiger partial charge in [-0.1, -0.05) is 6.92 Å². The number of carbonyl (C=O) groups excluding carboxylic acids is 1. The minimum Gasteiger partial charge on any atom is -0.488 e. The van der Waals surface area contributed by atoms with E-state index in [4.69, 9.17) is 4.74 Å². The maximum atomic E-state index is 13.1. The van der Waals surface area contributed by atoms with E-state index in [1.807, 2.05) is 16.5 Å². The minimum atomic E-state index is -0.592. The van der Waals surface area contributed by atoms with Crippen LogP contribution < -0.4 is 4.74 Å². The smallest absolute Gasteiger partial charge is 0.257 e. The van der Waals surface area contributed by atoms with Gasteiger partial charge in [0, 0.05) is 25.3 Å². The van der Waals surface area contributed by atoms with E-state index in [1.54, 1.807) is 18.3 Å². The molecule has 1 saturated carbocycles. The zero-order chi connectivity index (χ0) is 20.5. The summed E-state index contributed by atoms with van der Waals surface area (Å²) in [5.74, 6) is 0.819. The van der Waals surface area contributed by atoms with Crippen LogP contribution in [0, 0.1) is 24.6 Å². The molecule has 2 heterocycles. The molecular weight excluding hydrogens is 373 g/mol. The first kappa shape index (κ1) is 19.9. The highest BCUT2D eigenvalue weighted by Gasteiger charge is 2.44. The molecule has 4 rings (SSSR count). The van der Waals surface area contributed by atoms with Crippen LogP contribution in [0.3, 0.4) is 0 Å². The van der Waals surface area contributed by atoms with Gasteiger partial charge < -0.3 is 14.7 Å². The minimum absolute atomic E-state index is 0.0183. The van der Waals surface area contributed by atoms with Crippen molar-refractivity contribution >= 4 is 5.91 Å². The number of carbonyl (C=O) groups is 1. The highest BCUT2D eigenvalue weighted by molar-refractivity contribution is 5.95. The molecule has 4 atom stereocenters. The number of hydrogen-bond acceptors (Lipinski definition) is 4. The lowest BCUT2D eigenvalue weighted by Gasteiger charge is -2.35. The van der Waals surface area contributed by atoms with Crippen molar-refractivity contribution < 1.29 is 19.0 Å². The number of likely N-dealkylation sites (tertiary alicyclic amines) is 1. The number of aryl methyl sites for hydroxylation is 1. The number of ether oxygens (including phenoxy) is 1. The van der Waals surface area contributed by atoms with Crippen molar-refractivity contribution in [1.29, 1.82) is 0 Å². The van der Waals surface area contributed by atoms with E-state index in [2.05, 4.69) is 12.0 Å².